The van der Waals surface area contributed by atoms with E-state index in [2.05, 4.69) is 6.92 Å². The lowest BCUT2D eigenvalue weighted by molar-refractivity contribution is -0.144. The minimum Gasteiger partial charge on any atom is -0.466 e. The second-order valence-electron chi connectivity index (χ2n) is 9.00. The number of esters is 1. The molecule has 0 bridgehead atoms. The van der Waals surface area contributed by atoms with Gasteiger partial charge in [-0.25, -0.2) is 0 Å². The third-order valence-corrected chi connectivity index (χ3v) is 5.37. The Morgan fingerprint density at radius 1 is 0.349 bits per heavy atom. The lowest BCUT2D eigenvalue weighted by atomic mass is 10.3. The zero-order valence-corrected chi connectivity index (χ0v) is 26.9. The number of rotatable bonds is 38. The maximum atomic E-state index is 11.1. The fourth-order valence-corrected chi connectivity index (χ4v) is 3.14. The van der Waals surface area contributed by atoms with Crippen LogP contribution in [0.4, 0.5) is 0 Å². The predicted molar refractivity (Wildman–Crippen MR) is 160 cm³/mol. The Labute approximate surface area is 259 Å². The normalized spacial score (nSPS) is 11.4. The molecule has 43 heavy (non-hydrogen) atoms. The smallest absolute Gasteiger partial charge is 0.308 e. The van der Waals surface area contributed by atoms with Crippen molar-refractivity contribution in [1.29, 1.82) is 0 Å². The van der Waals surface area contributed by atoms with Gasteiger partial charge in [-0.1, -0.05) is 19.8 Å². The summed E-state index contributed by atoms with van der Waals surface area (Å²) >= 11 is 0. The molecule has 0 fully saturated rings. The van der Waals surface area contributed by atoms with Crippen LogP contribution in [-0.4, -0.2) is 158 Å². The first-order chi connectivity index (χ1) is 21.3. The van der Waals surface area contributed by atoms with Crippen molar-refractivity contribution in [3.8, 4) is 0 Å². The van der Waals surface area contributed by atoms with Crippen LogP contribution in [0.2, 0.25) is 0 Å². The van der Waals surface area contributed by atoms with Crippen LogP contribution in [0.25, 0.3) is 0 Å². The first-order valence-electron chi connectivity index (χ1n) is 15.8. The second-order valence-corrected chi connectivity index (χ2v) is 9.00. The van der Waals surface area contributed by atoms with E-state index >= 15 is 0 Å². The van der Waals surface area contributed by atoms with Crippen molar-refractivity contribution < 1.29 is 61.6 Å². The molecule has 0 rings (SSSR count). The molecule has 0 heterocycles. The monoisotopic (exact) mass is 628 g/mol. The van der Waals surface area contributed by atoms with E-state index < -0.39 is 0 Å². The summed E-state index contributed by atoms with van der Waals surface area (Å²) < 4.78 is 64.6. The van der Waals surface area contributed by atoms with Crippen molar-refractivity contribution in [2.24, 2.45) is 0 Å². The lowest BCUT2D eigenvalue weighted by Gasteiger charge is -2.09. The number of hydrogen-bond donors (Lipinski definition) is 0. The third-order valence-electron chi connectivity index (χ3n) is 5.37. The summed E-state index contributed by atoms with van der Waals surface area (Å²) in [5.41, 5.74) is 0. The van der Waals surface area contributed by atoms with E-state index in [1.54, 1.807) is 6.92 Å². The van der Waals surface area contributed by atoms with Crippen LogP contribution < -0.4 is 0 Å². The minimum atomic E-state index is -0.249. The van der Waals surface area contributed by atoms with Crippen molar-refractivity contribution >= 4 is 5.97 Å². The average Bonchev–Trinajstić information content (AvgIpc) is 3.01. The van der Waals surface area contributed by atoms with Crippen LogP contribution >= 0.6 is 0 Å². The molecule has 0 aromatic carbocycles. The molecule has 0 aromatic rings. The summed E-state index contributed by atoms with van der Waals surface area (Å²) in [6.07, 6.45) is 3.80. The number of ether oxygens (including phenoxy) is 12. The highest BCUT2D eigenvalue weighted by molar-refractivity contribution is 5.69. The molecule has 0 saturated carbocycles. The van der Waals surface area contributed by atoms with Gasteiger partial charge in [-0.05, 0) is 13.3 Å². The first-order valence-corrected chi connectivity index (χ1v) is 15.8. The maximum absolute atomic E-state index is 11.1. The fraction of sp³-hybridized carbons (Fsp3) is 0.967. The van der Waals surface area contributed by atoms with E-state index in [0.717, 1.165) is 13.0 Å². The molecule has 0 aliphatic rings. The summed E-state index contributed by atoms with van der Waals surface area (Å²) in [5.74, 6) is -0.249. The Hall–Kier alpha value is -0.970. The number of carbonyl (C=O) groups is 1. The fourth-order valence-electron chi connectivity index (χ4n) is 3.14. The molecule has 0 aliphatic heterocycles. The van der Waals surface area contributed by atoms with E-state index in [-0.39, 0.29) is 12.4 Å². The van der Waals surface area contributed by atoms with Gasteiger partial charge in [0, 0.05) is 6.61 Å². The molecule has 0 amide bonds. The number of unbranched alkanes of at least 4 members (excludes halogenated alkanes) is 2. The number of hydrogen-bond acceptors (Lipinski definition) is 13. The Morgan fingerprint density at radius 3 is 0.860 bits per heavy atom. The van der Waals surface area contributed by atoms with Gasteiger partial charge in [0.1, 0.15) is 0 Å². The topological polar surface area (TPSA) is 128 Å². The summed E-state index contributed by atoms with van der Waals surface area (Å²) in [6, 6.07) is 0. The molecule has 0 atom stereocenters. The molecule has 258 valence electrons. The van der Waals surface area contributed by atoms with Crippen molar-refractivity contribution in [1.82, 2.24) is 0 Å². The molecule has 0 aliphatic carbocycles. The zero-order chi connectivity index (χ0) is 31.2. The largest absolute Gasteiger partial charge is 0.466 e. The average molecular weight is 629 g/mol. The minimum absolute atomic E-state index is 0.249. The van der Waals surface area contributed by atoms with Crippen LogP contribution in [0.15, 0.2) is 0 Å². The van der Waals surface area contributed by atoms with Gasteiger partial charge in [0.15, 0.2) is 0 Å². The highest BCUT2D eigenvalue weighted by Gasteiger charge is 2.01. The van der Waals surface area contributed by atoms with Gasteiger partial charge < -0.3 is 56.8 Å². The SMILES string of the molecule is CCCCCOCCOCCOCCOCCOCCOCCOCCOCCOCCOCCOCCC(=O)OCC. The van der Waals surface area contributed by atoms with Crippen LogP contribution in [0, 0.1) is 0 Å². The zero-order valence-electron chi connectivity index (χ0n) is 26.9. The van der Waals surface area contributed by atoms with E-state index in [0.29, 0.717) is 145 Å². The van der Waals surface area contributed by atoms with Crippen molar-refractivity contribution in [3.05, 3.63) is 0 Å². The summed E-state index contributed by atoms with van der Waals surface area (Å²) in [4.78, 5) is 11.1. The first kappa shape index (κ1) is 42.0. The maximum Gasteiger partial charge on any atom is 0.308 e. The van der Waals surface area contributed by atoms with E-state index in [4.69, 9.17) is 56.8 Å². The van der Waals surface area contributed by atoms with Crippen LogP contribution in [0.5, 0.6) is 0 Å². The molecular formula is C30H60O13. The van der Waals surface area contributed by atoms with Gasteiger partial charge in [0.25, 0.3) is 0 Å². The Balaban J connectivity index is 3.05. The Morgan fingerprint density at radius 2 is 0.605 bits per heavy atom. The van der Waals surface area contributed by atoms with Gasteiger partial charge in [-0.3, -0.25) is 4.79 Å². The Bertz CT molecular complexity index is 528. The van der Waals surface area contributed by atoms with Gasteiger partial charge in [-0.15, -0.1) is 0 Å². The molecule has 0 radical (unpaired) electrons. The second kappa shape index (κ2) is 39.1. The molecule has 0 unspecified atom stereocenters. The highest BCUT2D eigenvalue weighted by Crippen LogP contribution is 1.94. The van der Waals surface area contributed by atoms with Crippen LogP contribution in [0.3, 0.4) is 0 Å². The molecule has 0 aromatic heterocycles. The molecule has 0 saturated heterocycles. The van der Waals surface area contributed by atoms with Crippen molar-refractivity contribution in [3.63, 3.8) is 0 Å². The highest BCUT2D eigenvalue weighted by atomic mass is 16.6. The van der Waals surface area contributed by atoms with E-state index in [1.165, 1.54) is 12.8 Å². The molecule has 13 nitrogen and oxygen atoms in total. The molecule has 0 N–H and O–H groups in total. The third kappa shape index (κ3) is 39.0. The van der Waals surface area contributed by atoms with Crippen LogP contribution in [-0.2, 0) is 61.6 Å². The van der Waals surface area contributed by atoms with Crippen molar-refractivity contribution in [2.45, 2.75) is 39.5 Å². The van der Waals surface area contributed by atoms with Gasteiger partial charge in [-0.2, -0.15) is 0 Å². The Kier molecular flexibility index (Phi) is 38.2. The lowest BCUT2D eigenvalue weighted by Crippen LogP contribution is -2.15. The van der Waals surface area contributed by atoms with Gasteiger partial charge in [0.05, 0.1) is 152 Å². The van der Waals surface area contributed by atoms with Crippen LogP contribution in [0.1, 0.15) is 39.5 Å². The van der Waals surface area contributed by atoms with Gasteiger partial charge in [0.2, 0.25) is 0 Å². The van der Waals surface area contributed by atoms with E-state index in [1.807, 2.05) is 0 Å². The number of carbonyl (C=O) groups excluding carboxylic acids is 1. The molecule has 13 heteroatoms. The van der Waals surface area contributed by atoms with E-state index in [9.17, 15) is 4.79 Å². The summed E-state index contributed by atoms with van der Waals surface area (Å²) in [5, 5.41) is 0. The summed E-state index contributed by atoms with van der Waals surface area (Å²) in [7, 11) is 0. The molecule has 0 spiro atoms. The predicted octanol–water partition coefficient (Wildman–Crippen LogP) is 2.31. The van der Waals surface area contributed by atoms with Gasteiger partial charge >= 0.3 is 5.97 Å². The standard InChI is InChI=1S/C30H60O13/c1-3-5-6-8-32-10-12-34-14-16-36-18-20-38-22-24-40-26-28-42-29-27-41-25-23-39-21-19-37-17-15-35-13-11-33-9-7-30(31)43-4-2/h3-29H2,1-2H3. The summed E-state index contributed by atoms with van der Waals surface area (Å²) in [6.45, 7) is 15.8. The van der Waals surface area contributed by atoms with Crippen molar-refractivity contribution in [2.75, 3.05) is 152 Å². The molecular weight excluding hydrogens is 568 g/mol. The quantitative estimate of drug-likeness (QED) is 0.0734.